The lowest BCUT2D eigenvalue weighted by atomic mass is 10.0. The van der Waals surface area contributed by atoms with Crippen LogP contribution >= 0.6 is 0 Å². The number of fused-ring (bicyclic) bond motifs is 1. The molecule has 0 atom stereocenters. The van der Waals surface area contributed by atoms with E-state index >= 15 is 0 Å². The monoisotopic (exact) mass is 377 g/mol. The summed E-state index contributed by atoms with van der Waals surface area (Å²) in [7, 11) is -3.40. The summed E-state index contributed by atoms with van der Waals surface area (Å²) in [5.41, 5.74) is 1.78. The van der Waals surface area contributed by atoms with Crippen LogP contribution in [0.4, 0.5) is 11.4 Å². The number of nitrogens with zero attached hydrogens (tertiary/aromatic N) is 1. The van der Waals surface area contributed by atoms with Gasteiger partial charge in [0.15, 0.2) is 0 Å². The quantitative estimate of drug-likeness (QED) is 0.780. The molecule has 2 amide bonds. The molecule has 0 radical (unpaired) electrons. The number of benzene rings is 1. The zero-order valence-electron chi connectivity index (χ0n) is 14.2. The second-order valence-electron chi connectivity index (χ2n) is 6.00. The topological polar surface area (TPSA) is 109 Å². The lowest BCUT2D eigenvalue weighted by Crippen LogP contribution is -2.36. The normalized spacial score (nSPS) is 13.8. The highest BCUT2D eigenvalue weighted by atomic mass is 32.2. The largest absolute Gasteiger partial charge is 0.467 e. The van der Waals surface area contributed by atoms with Gasteiger partial charge in [-0.25, -0.2) is 8.42 Å². The fraction of sp³-hybridized carbons (Fsp3) is 0.294. The molecule has 1 aliphatic rings. The van der Waals surface area contributed by atoms with Crippen molar-refractivity contribution >= 4 is 33.2 Å². The van der Waals surface area contributed by atoms with E-state index < -0.39 is 21.8 Å². The maximum atomic E-state index is 12.0. The van der Waals surface area contributed by atoms with E-state index in [4.69, 9.17) is 4.42 Å². The molecule has 2 aromatic rings. The first kappa shape index (κ1) is 18.0. The van der Waals surface area contributed by atoms with E-state index in [1.807, 2.05) is 0 Å². The Labute approximate surface area is 151 Å². The highest BCUT2D eigenvalue weighted by Crippen LogP contribution is 2.31. The zero-order chi connectivity index (χ0) is 18.7. The van der Waals surface area contributed by atoms with Crippen LogP contribution in [0.5, 0.6) is 0 Å². The van der Waals surface area contributed by atoms with Crippen molar-refractivity contribution in [2.75, 3.05) is 22.4 Å². The average molecular weight is 377 g/mol. The van der Waals surface area contributed by atoms with Gasteiger partial charge in [0.25, 0.3) is 0 Å². The van der Waals surface area contributed by atoms with Crippen LogP contribution in [0.1, 0.15) is 17.7 Å². The van der Waals surface area contributed by atoms with E-state index in [0.717, 1.165) is 24.7 Å². The van der Waals surface area contributed by atoms with Crippen molar-refractivity contribution < 1.29 is 22.4 Å². The van der Waals surface area contributed by atoms with Gasteiger partial charge < -0.3 is 15.1 Å². The fourth-order valence-corrected chi connectivity index (χ4v) is 3.80. The lowest BCUT2D eigenvalue weighted by molar-refractivity contribution is -0.136. The number of carbonyl (C=O) groups is 2. The fourth-order valence-electron chi connectivity index (χ4n) is 2.81. The van der Waals surface area contributed by atoms with E-state index in [2.05, 4.69) is 10.6 Å². The Bertz CT molecular complexity index is 922. The third-order valence-electron chi connectivity index (χ3n) is 4.03. The molecule has 0 spiro atoms. The molecule has 2 N–H and O–H groups in total. The molecule has 0 unspecified atom stereocenters. The maximum absolute atomic E-state index is 12.0. The number of hydrogen-bond acceptors (Lipinski definition) is 5. The van der Waals surface area contributed by atoms with Gasteiger partial charge in [0.1, 0.15) is 5.76 Å². The number of rotatable bonds is 4. The third kappa shape index (κ3) is 4.05. The van der Waals surface area contributed by atoms with Gasteiger partial charge in [-0.2, -0.15) is 0 Å². The standard InChI is InChI=1S/C17H19N3O5S/c1-26(23,24)20-8-2-4-12-6-7-13(10-15(12)20)19-17(22)16(21)18-11-14-5-3-9-25-14/h3,5-7,9-10H,2,4,8,11H2,1H3,(H,18,21)(H,19,22). The Kier molecular flexibility index (Phi) is 4.99. The summed E-state index contributed by atoms with van der Waals surface area (Å²) in [4.78, 5) is 23.9. The van der Waals surface area contributed by atoms with Crippen molar-refractivity contribution in [2.45, 2.75) is 19.4 Å². The van der Waals surface area contributed by atoms with Crippen molar-refractivity contribution in [3.8, 4) is 0 Å². The van der Waals surface area contributed by atoms with Gasteiger partial charge in [0, 0.05) is 12.2 Å². The molecule has 0 saturated heterocycles. The number of hydrogen-bond donors (Lipinski definition) is 2. The van der Waals surface area contributed by atoms with Gasteiger partial charge in [-0.05, 0) is 42.7 Å². The van der Waals surface area contributed by atoms with Crippen LogP contribution in [0.25, 0.3) is 0 Å². The van der Waals surface area contributed by atoms with Crippen LogP contribution in [0.15, 0.2) is 41.0 Å². The van der Waals surface area contributed by atoms with E-state index in [1.165, 1.54) is 10.6 Å². The molecule has 138 valence electrons. The third-order valence-corrected chi connectivity index (χ3v) is 5.21. The van der Waals surface area contributed by atoms with Gasteiger partial charge in [-0.3, -0.25) is 13.9 Å². The summed E-state index contributed by atoms with van der Waals surface area (Å²) < 4.78 is 30.3. The molecule has 9 heteroatoms. The number of aryl methyl sites for hydroxylation is 1. The molecule has 0 bridgehead atoms. The van der Waals surface area contributed by atoms with Crippen molar-refractivity contribution in [3.05, 3.63) is 47.9 Å². The Morgan fingerprint density at radius 1 is 1.23 bits per heavy atom. The van der Waals surface area contributed by atoms with Gasteiger partial charge in [-0.15, -0.1) is 0 Å². The molecule has 0 fully saturated rings. The summed E-state index contributed by atoms with van der Waals surface area (Å²) in [6.45, 7) is 0.498. The second-order valence-corrected chi connectivity index (χ2v) is 7.91. The molecule has 0 saturated carbocycles. The van der Waals surface area contributed by atoms with Gasteiger partial charge in [0.05, 0.1) is 24.8 Å². The first-order valence-electron chi connectivity index (χ1n) is 8.07. The van der Waals surface area contributed by atoms with E-state index in [-0.39, 0.29) is 6.54 Å². The summed E-state index contributed by atoms with van der Waals surface area (Å²) in [6.07, 6.45) is 4.12. The molecular formula is C17H19N3O5S. The summed E-state index contributed by atoms with van der Waals surface area (Å²) in [5, 5.41) is 4.94. The SMILES string of the molecule is CS(=O)(=O)N1CCCc2ccc(NC(=O)C(=O)NCc3ccco3)cc21. The minimum Gasteiger partial charge on any atom is -0.467 e. The molecular weight excluding hydrogens is 358 g/mol. The minimum absolute atomic E-state index is 0.102. The molecule has 8 nitrogen and oxygen atoms in total. The Balaban J connectivity index is 1.70. The predicted molar refractivity (Wildman–Crippen MR) is 96.1 cm³/mol. The maximum Gasteiger partial charge on any atom is 0.313 e. The second kappa shape index (κ2) is 7.20. The predicted octanol–water partition coefficient (Wildman–Crippen LogP) is 1.25. The van der Waals surface area contributed by atoms with Crippen molar-refractivity contribution in [1.29, 1.82) is 0 Å². The number of anilines is 2. The minimum atomic E-state index is -3.40. The van der Waals surface area contributed by atoms with Crippen LogP contribution in [-0.4, -0.2) is 33.0 Å². The lowest BCUT2D eigenvalue weighted by Gasteiger charge is -2.29. The van der Waals surface area contributed by atoms with Crippen LogP contribution in [0.2, 0.25) is 0 Å². The Morgan fingerprint density at radius 3 is 2.73 bits per heavy atom. The van der Waals surface area contributed by atoms with Crippen LogP contribution in [0.3, 0.4) is 0 Å². The van der Waals surface area contributed by atoms with Gasteiger partial charge in [0.2, 0.25) is 10.0 Å². The number of amides is 2. The van der Waals surface area contributed by atoms with Crippen molar-refractivity contribution in [2.24, 2.45) is 0 Å². The smallest absolute Gasteiger partial charge is 0.313 e. The molecule has 26 heavy (non-hydrogen) atoms. The van der Waals surface area contributed by atoms with E-state index in [0.29, 0.717) is 23.7 Å². The van der Waals surface area contributed by atoms with Crippen molar-refractivity contribution in [1.82, 2.24) is 5.32 Å². The molecule has 1 aliphatic heterocycles. The highest BCUT2D eigenvalue weighted by Gasteiger charge is 2.24. The zero-order valence-corrected chi connectivity index (χ0v) is 15.0. The number of nitrogens with one attached hydrogen (secondary N) is 2. The average Bonchev–Trinajstić information content (AvgIpc) is 3.11. The highest BCUT2D eigenvalue weighted by molar-refractivity contribution is 7.92. The van der Waals surface area contributed by atoms with Crippen LogP contribution in [0, 0.1) is 0 Å². The molecule has 1 aromatic carbocycles. The molecule has 0 aliphatic carbocycles. The van der Waals surface area contributed by atoms with E-state index in [9.17, 15) is 18.0 Å². The number of sulfonamides is 1. The summed E-state index contributed by atoms with van der Waals surface area (Å²) in [5.74, 6) is -1.11. The van der Waals surface area contributed by atoms with Gasteiger partial charge >= 0.3 is 11.8 Å². The summed E-state index contributed by atoms with van der Waals surface area (Å²) in [6, 6.07) is 8.36. The Hall–Kier alpha value is -2.81. The molecule has 3 rings (SSSR count). The number of carbonyl (C=O) groups excluding carboxylic acids is 2. The van der Waals surface area contributed by atoms with Crippen molar-refractivity contribution in [3.63, 3.8) is 0 Å². The first-order chi connectivity index (χ1) is 12.3. The van der Waals surface area contributed by atoms with Gasteiger partial charge in [-0.1, -0.05) is 6.07 Å². The molecule has 1 aromatic heterocycles. The summed E-state index contributed by atoms with van der Waals surface area (Å²) >= 11 is 0. The number of furan rings is 1. The van der Waals surface area contributed by atoms with Crippen LogP contribution in [-0.2, 0) is 32.6 Å². The van der Waals surface area contributed by atoms with Crippen LogP contribution < -0.4 is 14.9 Å². The Morgan fingerprint density at radius 2 is 2.04 bits per heavy atom. The molecule has 2 heterocycles. The van der Waals surface area contributed by atoms with E-state index in [1.54, 1.807) is 30.3 Å². The first-order valence-corrected chi connectivity index (χ1v) is 9.91.